The highest BCUT2D eigenvalue weighted by molar-refractivity contribution is 7.07. The number of fused-ring (bicyclic) bond motifs is 1. The van der Waals surface area contributed by atoms with Gasteiger partial charge in [-0.15, -0.1) is 0 Å². The van der Waals surface area contributed by atoms with Gasteiger partial charge in [-0.05, 0) is 60.5 Å². The van der Waals surface area contributed by atoms with Gasteiger partial charge in [0.1, 0.15) is 17.2 Å². The quantitative estimate of drug-likeness (QED) is 0.455. The molecule has 1 fully saturated rings. The lowest BCUT2D eigenvalue weighted by Crippen LogP contribution is -2.47. The molecule has 1 saturated heterocycles. The van der Waals surface area contributed by atoms with E-state index in [1.54, 1.807) is 43.5 Å². The first-order valence-electron chi connectivity index (χ1n) is 10.5. The fourth-order valence-electron chi connectivity index (χ4n) is 4.18. The minimum atomic E-state index is -0.812. The Balaban J connectivity index is 1.74. The lowest BCUT2D eigenvalue weighted by molar-refractivity contribution is -0.115. The smallest absolute Gasteiger partial charge is 0.263 e. The number of rotatable bonds is 3. The SMILES string of the molecule is Cc1nc2cc([C@]3(C)CNC[C@H](c4ccsc4)O3)nc(-c3ccc(Cl)cc3F)c2c(=O)n1C. The first-order chi connectivity index (χ1) is 15.8. The van der Waals surface area contributed by atoms with Gasteiger partial charge in [0, 0.05) is 30.7 Å². The fraction of sp³-hybridized carbons (Fsp3) is 0.292. The summed E-state index contributed by atoms with van der Waals surface area (Å²) in [7, 11) is 1.64. The molecule has 2 atom stereocenters. The number of hydrogen-bond donors (Lipinski definition) is 1. The molecule has 0 saturated carbocycles. The summed E-state index contributed by atoms with van der Waals surface area (Å²) >= 11 is 7.59. The number of hydrogen-bond acceptors (Lipinski definition) is 6. The van der Waals surface area contributed by atoms with Crippen LogP contribution in [0.3, 0.4) is 0 Å². The van der Waals surface area contributed by atoms with Crippen molar-refractivity contribution in [3.8, 4) is 11.3 Å². The number of ether oxygens (including phenoxy) is 1. The van der Waals surface area contributed by atoms with Crippen molar-refractivity contribution in [3.63, 3.8) is 0 Å². The Morgan fingerprint density at radius 1 is 1.30 bits per heavy atom. The first kappa shape index (κ1) is 22.2. The van der Waals surface area contributed by atoms with E-state index in [2.05, 4.69) is 15.7 Å². The summed E-state index contributed by atoms with van der Waals surface area (Å²) in [5.74, 6) is -0.00348. The van der Waals surface area contributed by atoms with Crippen molar-refractivity contribution < 1.29 is 9.13 Å². The van der Waals surface area contributed by atoms with Gasteiger partial charge in [0.15, 0.2) is 0 Å². The van der Waals surface area contributed by atoms with E-state index in [4.69, 9.17) is 21.3 Å². The van der Waals surface area contributed by atoms with Crippen molar-refractivity contribution in [1.82, 2.24) is 19.9 Å². The second-order valence-corrected chi connectivity index (χ2v) is 9.64. The van der Waals surface area contributed by atoms with Crippen molar-refractivity contribution in [1.29, 1.82) is 0 Å². The zero-order valence-electron chi connectivity index (χ0n) is 18.4. The Bertz CT molecular complexity index is 1420. The third-order valence-corrected chi connectivity index (χ3v) is 7.06. The van der Waals surface area contributed by atoms with Crippen molar-refractivity contribution in [2.75, 3.05) is 13.1 Å². The van der Waals surface area contributed by atoms with Gasteiger partial charge < -0.3 is 10.1 Å². The van der Waals surface area contributed by atoms with E-state index >= 15 is 0 Å². The molecule has 0 aliphatic carbocycles. The number of nitrogens with zero attached hydrogens (tertiary/aromatic N) is 3. The highest BCUT2D eigenvalue weighted by atomic mass is 35.5. The van der Waals surface area contributed by atoms with Gasteiger partial charge in [-0.1, -0.05) is 11.6 Å². The zero-order chi connectivity index (χ0) is 23.3. The molecule has 33 heavy (non-hydrogen) atoms. The van der Waals surface area contributed by atoms with E-state index in [-0.39, 0.29) is 33.3 Å². The van der Waals surface area contributed by atoms with Gasteiger partial charge >= 0.3 is 0 Å². The van der Waals surface area contributed by atoms with E-state index in [0.717, 1.165) is 5.56 Å². The monoisotopic (exact) mass is 484 g/mol. The highest BCUT2D eigenvalue weighted by Gasteiger charge is 2.37. The van der Waals surface area contributed by atoms with Gasteiger partial charge in [0.2, 0.25) is 0 Å². The van der Waals surface area contributed by atoms with E-state index < -0.39 is 11.4 Å². The topological polar surface area (TPSA) is 69.0 Å². The average molecular weight is 485 g/mol. The lowest BCUT2D eigenvalue weighted by atomic mass is 9.95. The fourth-order valence-corrected chi connectivity index (χ4v) is 5.04. The van der Waals surface area contributed by atoms with Crippen LogP contribution in [0.4, 0.5) is 4.39 Å². The number of nitrogens with one attached hydrogen (secondary N) is 1. The number of halogens is 2. The molecule has 1 aliphatic heterocycles. The molecule has 0 amide bonds. The normalized spacial score (nSPS) is 20.9. The molecule has 0 unspecified atom stereocenters. The van der Waals surface area contributed by atoms with Crippen molar-refractivity contribution in [2.45, 2.75) is 25.6 Å². The van der Waals surface area contributed by atoms with E-state index in [0.29, 0.717) is 30.1 Å². The molecular formula is C24H22ClFN4O2S. The molecule has 1 N–H and O–H groups in total. The highest BCUT2D eigenvalue weighted by Crippen LogP contribution is 2.37. The molecule has 0 radical (unpaired) electrons. The summed E-state index contributed by atoms with van der Waals surface area (Å²) < 4.78 is 23.0. The van der Waals surface area contributed by atoms with Crippen LogP contribution < -0.4 is 10.9 Å². The van der Waals surface area contributed by atoms with E-state index in [9.17, 15) is 9.18 Å². The van der Waals surface area contributed by atoms with Crippen molar-refractivity contribution >= 4 is 33.8 Å². The summed E-state index contributed by atoms with van der Waals surface area (Å²) in [4.78, 5) is 22.6. The minimum Gasteiger partial charge on any atom is -0.358 e. The molecule has 3 aromatic heterocycles. The van der Waals surface area contributed by atoms with Crippen molar-refractivity contribution in [2.24, 2.45) is 7.05 Å². The van der Waals surface area contributed by atoms with Crippen LogP contribution in [0.1, 0.15) is 30.1 Å². The Kier molecular flexibility index (Phi) is 5.56. The number of morpholine rings is 1. The van der Waals surface area contributed by atoms with Crippen LogP contribution in [0.15, 0.2) is 45.9 Å². The summed E-state index contributed by atoms with van der Waals surface area (Å²) in [5, 5.41) is 8.04. The van der Waals surface area contributed by atoms with Crippen molar-refractivity contribution in [3.05, 3.63) is 79.4 Å². The van der Waals surface area contributed by atoms with Gasteiger partial charge in [-0.2, -0.15) is 11.3 Å². The van der Waals surface area contributed by atoms with Gasteiger partial charge in [0.05, 0.1) is 28.4 Å². The summed E-state index contributed by atoms with van der Waals surface area (Å²) in [6.45, 7) is 4.90. The van der Waals surface area contributed by atoms with Crippen LogP contribution in [0, 0.1) is 12.7 Å². The maximum Gasteiger partial charge on any atom is 0.263 e. The maximum absolute atomic E-state index is 15.0. The van der Waals surface area contributed by atoms with Crippen LogP contribution >= 0.6 is 22.9 Å². The summed E-state index contributed by atoms with van der Waals surface area (Å²) in [6, 6.07) is 8.16. The second kappa shape index (κ2) is 8.29. The predicted octanol–water partition coefficient (Wildman–Crippen LogP) is 4.73. The molecule has 5 rings (SSSR count). The lowest BCUT2D eigenvalue weighted by Gasteiger charge is -2.39. The molecule has 1 aromatic carbocycles. The molecule has 6 nitrogen and oxygen atoms in total. The molecular weight excluding hydrogens is 463 g/mol. The Hall–Kier alpha value is -2.65. The van der Waals surface area contributed by atoms with Gasteiger partial charge in [0.25, 0.3) is 5.56 Å². The maximum atomic E-state index is 15.0. The van der Waals surface area contributed by atoms with E-state index in [1.165, 1.54) is 10.6 Å². The van der Waals surface area contributed by atoms with Crippen LogP contribution in [-0.4, -0.2) is 27.6 Å². The number of pyridine rings is 1. The van der Waals surface area contributed by atoms with Gasteiger partial charge in [-0.25, -0.2) is 14.4 Å². The molecule has 4 heterocycles. The molecule has 9 heteroatoms. The number of thiophene rings is 1. The number of aryl methyl sites for hydroxylation is 1. The van der Waals surface area contributed by atoms with Crippen LogP contribution in [0.25, 0.3) is 22.2 Å². The third-order valence-electron chi connectivity index (χ3n) is 6.12. The minimum absolute atomic E-state index is 0.151. The number of benzene rings is 1. The molecule has 0 bridgehead atoms. The molecule has 4 aromatic rings. The summed E-state index contributed by atoms with van der Waals surface area (Å²) in [6.07, 6.45) is -0.151. The average Bonchev–Trinajstić information content (AvgIpc) is 3.32. The molecule has 170 valence electrons. The van der Waals surface area contributed by atoms with Crippen LogP contribution in [-0.2, 0) is 17.4 Å². The zero-order valence-corrected chi connectivity index (χ0v) is 19.9. The Morgan fingerprint density at radius 2 is 2.12 bits per heavy atom. The van der Waals surface area contributed by atoms with Gasteiger partial charge in [-0.3, -0.25) is 9.36 Å². The molecule has 0 spiro atoms. The summed E-state index contributed by atoms with van der Waals surface area (Å²) in [5.41, 5.74) is 1.44. The van der Waals surface area contributed by atoms with E-state index in [1.807, 2.05) is 18.4 Å². The second-order valence-electron chi connectivity index (χ2n) is 8.42. The Morgan fingerprint density at radius 3 is 2.85 bits per heavy atom. The standard InChI is InChI=1S/C24H22ClFN4O2S/c1-13-28-18-9-20(24(2)12-27-10-19(32-24)14-6-7-33-11-14)29-22(21(18)23(31)30(13)3)16-5-4-15(25)8-17(16)26/h4-9,11,19,27H,10,12H2,1-3H3/t19-,24+/m1/s1. The predicted molar refractivity (Wildman–Crippen MR) is 128 cm³/mol. The van der Waals surface area contributed by atoms with Crippen LogP contribution in [0.5, 0.6) is 0 Å². The molecule has 1 aliphatic rings. The number of aromatic nitrogens is 3. The third kappa shape index (κ3) is 3.87. The first-order valence-corrected chi connectivity index (χ1v) is 11.8. The Labute approximate surface area is 199 Å². The largest absolute Gasteiger partial charge is 0.358 e. The van der Waals surface area contributed by atoms with Crippen LogP contribution in [0.2, 0.25) is 5.02 Å².